The summed E-state index contributed by atoms with van der Waals surface area (Å²) in [5.74, 6) is 0.820. The van der Waals surface area contributed by atoms with Crippen LogP contribution in [0.5, 0.6) is 0 Å². The largest absolute Gasteiger partial charge is 0.178 e. The highest BCUT2D eigenvalue weighted by molar-refractivity contribution is 7.87. The molecule has 0 N–H and O–H groups in total. The molecule has 10 heavy (non-hydrogen) atoms. The van der Waals surface area contributed by atoms with Crippen molar-refractivity contribution in [1.29, 1.82) is 0 Å². The predicted molar refractivity (Wildman–Crippen MR) is 58.9 cm³/mol. The van der Waals surface area contributed by atoms with Gasteiger partial charge in [-0.15, -0.1) is 0 Å². The van der Waals surface area contributed by atoms with E-state index in [1.54, 1.807) is 0 Å². The lowest BCUT2D eigenvalue weighted by Gasteiger charge is -2.14. The van der Waals surface area contributed by atoms with E-state index in [4.69, 9.17) is 0 Å². The summed E-state index contributed by atoms with van der Waals surface area (Å²) in [5, 5.41) is 0.763. The highest BCUT2D eigenvalue weighted by atomic mass is 32.1. The van der Waals surface area contributed by atoms with E-state index in [1.807, 2.05) is 0 Å². The minimum atomic E-state index is 0.346. The van der Waals surface area contributed by atoms with Gasteiger partial charge in [0, 0.05) is 16.3 Å². The molecule has 0 aromatic carbocycles. The van der Waals surface area contributed by atoms with Crippen LogP contribution in [-0.4, -0.2) is 16.3 Å². The topological polar surface area (TPSA) is 0 Å². The average molecular weight is 196 g/mol. The van der Waals surface area contributed by atoms with Crippen LogP contribution in [0.1, 0.15) is 26.2 Å². The summed E-state index contributed by atoms with van der Waals surface area (Å²) in [6, 6.07) is 0. The fourth-order valence-corrected chi connectivity index (χ4v) is 1.59. The minimum absolute atomic E-state index is 0.346. The van der Waals surface area contributed by atoms with Gasteiger partial charge >= 0.3 is 0 Å². The van der Waals surface area contributed by atoms with Crippen LogP contribution in [0.25, 0.3) is 0 Å². The zero-order valence-electron chi connectivity index (χ0n) is 6.32. The third kappa shape index (κ3) is 4.80. The maximum Gasteiger partial charge on any atom is 0.0221 e. The number of unbranched alkanes of at least 4 members (excludes halogenated alkanes) is 1. The van der Waals surface area contributed by atoms with Gasteiger partial charge in [0.25, 0.3) is 0 Å². The molecule has 3 heteroatoms. The summed E-state index contributed by atoms with van der Waals surface area (Å²) >= 11 is 12.9. The SMILES string of the molecule is CCCCC(S)C(S)CS. The van der Waals surface area contributed by atoms with Crippen molar-refractivity contribution in [2.24, 2.45) is 0 Å². The van der Waals surface area contributed by atoms with Crippen LogP contribution in [0.3, 0.4) is 0 Å². The molecule has 2 unspecified atom stereocenters. The Hall–Kier alpha value is 1.05. The minimum Gasteiger partial charge on any atom is -0.178 e. The van der Waals surface area contributed by atoms with E-state index >= 15 is 0 Å². The molecule has 0 spiro atoms. The summed E-state index contributed by atoms with van der Waals surface area (Å²) in [7, 11) is 0. The van der Waals surface area contributed by atoms with Gasteiger partial charge in [0.2, 0.25) is 0 Å². The van der Waals surface area contributed by atoms with Gasteiger partial charge in [0.15, 0.2) is 0 Å². The quantitative estimate of drug-likeness (QED) is 0.553. The number of hydrogen-bond acceptors (Lipinski definition) is 3. The molecule has 0 rings (SSSR count). The summed E-state index contributed by atoms with van der Waals surface area (Å²) in [4.78, 5) is 0. The molecule has 0 aromatic heterocycles. The molecule has 0 nitrogen and oxygen atoms in total. The first-order chi connectivity index (χ1) is 4.72. The molecule has 0 fully saturated rings. The smallest absolute Gasteiger partial charge is 0.0221 e. The Morgan fingerprint density at radius 3 is 2.20 bits per heavy atom. The van der Waals surface area contributed by atoms with Gasteiger partial charge in [0.05, 0.1) is 0 Å². The van der Waals surface area contributed by atoms with Gasteiger partial charge in [0.1, 0.15) is 0 Å². The normalized spacial score (nSPS) is 16.8. The first-order valence-electron chi connectivity index (χ1n) is 3.69. The zero-order chi connectivity index (χ0) is 7.98. The highest BCUT2D eigenvalue weighted by Crippen LogP contribution is 2.16. The Kier molecular flexibility index (Phi) is 7.45. The van der Waals surface area contributed by atoms with Crippen LogP contribution in [0.4, 0.5) is 0 Å². The second-order valence-electron chi connectivity index (χ2n) is 2.46. The van der Waals surface area contributed by atoms with Gasteiger partial charge in [-0.3, -0.25) is 0 Å². The molecular weight excluding hydrogens is 180 g/mol. The first kappa shape index (κ1) is 11.1. The fraction of sp³-hybridized carbons (Fsp3) is 1.00. The molecule has 0 aromatic rings. The second kappa shape index (κ2) is 6.74. The molecular formula is C7H16S3. The fourth-order valence-electron chi connectivity index (χ4n) is 0.727. The Morgan fingerprint density at radius 1 is 1.20 bits per heavy atom. The van der Waals surface area contributed by atoms with E-state index in [-0.39, 0.29) is 0 Å². The van der Waals surface area contributed by atoms with Crippen LogP contribution < -0.4 is 0 Å². The lowest BCUT2D eigenvalue weighted by Crippen LogP contribution is -2.16. The van der Waals surface area contributed by atoms with E-state index in [0.29, 0.717) is 10.5 Å². The summed E-state index contributed by atoms with van der Waals surface area (Å²) in [6.45, 7) is 2.19. The molecule has 0 aliphatic rings. The van der Waals surface area contributed by atoms with Crippen molar-refractivity contribution in [3.63, 3.8) is 0 Å². The maximum atomic E-state index is 4.41. The van der Waals surface area contributed by atoms with E-state index in [2.05, 4.69) is 44.8 Å². The molecule has 62 valence electrons. The van der Waals surface area contributed by atoms with Crippen molar-refractivity contribution in [2.45, 2.75) is 36.7 Å². The van der Waals surface area contributed by atoms with E-state index in [1.165, 1.54) is 12.8 Å². The van der Waals surface area contributed by atoms with Crippen LogP contribution in [-0.2, 0) is 0 Å². The Labute approximate surface area is 80.4 Å². The monoisotopic (exact) mass is 196 g/mol. The third-order valence-corrected chi connectivity index (χ3v) is 3.56. The molecule has 0 saturated heterocycles. The Morgan fingerprint density at radius 2 is 1.80 bits per heavy atom. The maximum absolute atomic E-state index is 4.41. The van der Waals surface area contributed by atoms with Gasteiger partial charge in [-0.1, -0.05) is 19.8 Å². The molecule has 2 atom stereocenters. The van der Waals surface area contributed by atoms with Gasteiger partial charge in [-0.05, 0) is 6.42 Å². The van der Waals surface area contributed by atoms with Crippen LogP contribution in [0, 0.1) is 0 Å². The standard InChI is InChI=1S/C7H16S3/c1-2-3-4-6(9)7(10)5-8/h6-10H,2-5H2,1H3. The average Bonchev–Trinajstić information content (AvgIpc) is 1.98. The van der Waals surface area contributed by atoms with Crippen molar-refractivity contribution >= 4 is 37.9 Å². The molecule has 0 radical (unpaired) electrons. The van der Waals surface area contributed by atoms with Crippen molar-refractivity contribution in [1.82, 2.24) is 0 Å². The Bertz CT molecular complexity index is 75.3. The summed E-state index contributed by atoms with van der Waals surface area (Å²) in [5.41, 5.74) is 0. The second-order valence-corrected chi connectivity index (χ2v) is 4.15. The Balaban J connectivity index is 3.31. The molecule has 0 aliphatic heterocycles. The molecule has 0 heterocycles. The third-order valence-electron chi connectivity index (χ3n) is 1.48. The van der Waals surface area contributed by atoms with Crippen molar-refractivity contribution in [3.8, 4) is 0 Å². The van der Waals surface area contributed by atoms with Crippen LogP contribution in [0.15, 0.2) is 0 Å². The van der Waals surface area contributed by atoms with Crippen molar-refractivity contribution in [3.05, 3.63) is 0 Å². The van der Waals surface area contributed by atoms with E-state index in [9.17, 15) is 0 Å². The highest BCUT2D eigenvalue weighted by Gasteiger charge is 2.10. The van der Waals surface area contributed by atoms with Gasteiger partial charge in [-0.25, -0.2) is 0 Å². The summed E-state index contributed by atoms with van der Waals surface area (Å²) < 4.78 is 0. The lowest BCUT2D eigenvalue weighted by molar-refractivity contribution is 0.685. The van der Waals surface area contributed by atoms with Crippen LogP contribution in [0.2, 0.25) is 0 Å². The molecule has 0 bridgehead atoms. The van der Waals surface area contributed by atoms with Crippen molar-refractivity contribution < 1.29 is 0 Å². The lowest BCUT2D eigenvalue weighted by atomic mass is 10.1. The van der Waals surface area contributed by atoms with Crippen LogP contribution >= 0.6 is 37.9 Å². The molecule has 0 saturated carbocycles. The van der Waals surface area contributed by atoms with Gasteiger partial charge < -0.3 is 0 Å². The molecule has 0 amide bonds. The zero-order valence-corrected chi connectivity index (χ0v) is 9.01. The number of rotatable bonds is 5. The molecule has 0 aliphatic carbocycles. The van der Waals surface area contributed by atoms with E-state index in [0.717, 1.165) is 12.2 Å². The summed E-state index contributed by atoms with van der Waals surface area (Å²) in [6.07, 6.45) is 3.65. The predicted octanol–water partition coefficient (Wildman–Crippen LogP) is 2.70. The van der Waals surface area contributed by atoms with Gasteiger partial charge in [-0.2, -0.15) is 37.9 Å². The van der Waals surface area contributed by atoms with Crippen molar-refractivity contribution in [2.75, 3.05) is 5.75 Å². The number of thiol groups is 3. The first-order valence-corrected chi connectivity index (χ1v) is 5.35. The number of hydrogen-bond donors (Lipinski definition) is 3. The van der Waals surface area contributed by atoms with E-state index < -0.39 is 0 Å².